The fraction of sp³-hybridized carbons (Fsp3) is 0.333. The van der Waals surface area contributed by atoms with E-state index in [1.165, 1.54) is 4.72 Å². The fourth-order valence-electron chi connectivity index (χ4n) is 1.07. The molecule has 0 aromatic heterocycles. The van der Waals surface area contributed by atoms with Crippen molar-refractivity contribution in [2.75, 3.05) is 6.54 Å². The number of rotatable bonds is 4. The van der Waals surface area contributed by atoms with E-state index in [1.807, 2.05) is 0 Å². The highest BCUT2D eigenvalue weighted by molar-refractivity contribution is 7.89. The number of alkyl halides is 3. The normalized spacial score (nSPS) is 14.4. The Bertz CT molecular complexity index is 537. The van der Waals surface area contributed by atoms with E-state index in [1.54, 1.807) is 0 Å². The van der Waals surface area contributed by atoms with Gasteiger partial charge >= 0.3 is 6.18 Å². The summed E-state index contributed by atoms with van der Waals surface area (Å²) in [6.45, 7) is -1.36. The van der Waals surface area contributed by atoms with Gasteiger partial charge in [-0.1, -0.05) is 0 Å². The van der Waals surface area contributed by atoms with Crippen molar-refractivity contribution in [2.45, 2.75) is 17.2 Å². The van der Waals surface area contributed by atoms with Gasteiger partial charge in [0, 0.05) is 12.6 Å². The minimum absolute atomic E-state index is 0.406. The first-order valence-electron chi connectivity index (χ1n) is 4.73. The zero-order valence-corrected chi connectivity index (χ0v) is 9.89. The monoisotopic (exact) mass is 305 g/mol. The maximum absolute atomic E-state index is 12.8. The van der Waals surface area contributed by atoms with Crippen LogP contribution in [0.3, 0.4) is 0 Å². The van der Waals surface area contributed by atoms with Crippen molar-refractivity contribution in [2.24, 2.45) is 0 Å². The van der Waals surface area contributed by atoms with E-state index in [4.69, 9.17) is 5.11 Å². The van der Waals surface area contributed by atoms with E-state index in [-0.39, 0.29) is 0 Å². The smallest absolute Gasteiger partial charge is 0.382 e. The quantitative estimate of drug-likeness (QED) is 0.821. The first-order valence-corrected chi connectivity index (χ1v) is 6.21. The van der Waals surface area contributed by atoms with Gasteiger partial charge in [-0.25, -0.2) is 21.9 Å². The van der Waals surface area contributed by atoms with Gasteiger partial charge in [0.1, 0.15) is 11.6 Å². The van der Waals surface area contributed by atoms with Gasteiger partial charge in [-0.05, 0) is 12.1 Å². The second kappa shape index (κ2) is 5.39. The summed E-state index contributed by atoms with van der Waals surface area (Å²) in [5.41, 5.74) is 0. The number of hydrogen-bond acceptors (Lipinski definition) is 3. The van der Waals surface area contributed by atoms with E-state index >= 15 is 0 Å². The summed E-state index contributed by atoms with van der Waals surface area (Å²) in [5.74, 6) is -2.39. The SMILES string of the molecule is O=S(=O)(NCC(O)C(F)(F)F)c1cc(F)cc(F)c1. The Morgan fingerprint density at radius 3 is 2.05 bits per heavy atom. The van der Waals surface area contributed by atoms with E-state index in [2.05, 4.69) is 0 Å². The summed E-state index contributed by atoms with van der Waals surface area (Å²) in [5, 5.41) is 8.61. The molecule has 0 saturated carbocycles. The molecule has 1 unspecified atom stereocenters. The zero-order valence-electron chi connectivity index (χ0n) is 9.08. The number of aliphatic hydroxyl groups excluding tert-OH is 1. The molecule has 0 fully saturated rings. The molecule has 19 heavy (non-hydrogen) atoms. The van der Waals surface area contributed by atoms with Crippen LogP contribution >= 0.6 is 0 Å². The second-order valence-electron chi connectivity index (χ2n) is 3.51. The summed E-state index contributed by atoms with van der Waals surface area (Å²) < 4.78 is 85.7. The standard InChI is InChI=1S/C9H8F5NO3S/c10-5-1-6(11)3-7(2-5)19(17,18)15-4-8(16)9(12,13)14/h1-3,8,15-16H,4H2. The van der Waals surface area contributed by atoms with Crippen LogP contribution < -0.4 is 4.72 Å². The third kappa shape index (κ3) is 4.40. The summed E-state index contributed by atoms with van der Waals surface area (Å²) in [7, 11) is -4.55. The molecule has 0 amide bonds. The summed E-state index contributed by atoms with van der Waals surface area (Å²) in [6.07, 6.45) is -7.92. The molecule has 108 valence electrons. The van der Waals surface area contributed by atoms with Gasteiger partial charge in [-0.2, -0.15) is 13.2 Å². The number of nitrogens with one attached hydrogen (secondary N) is 1. The number of benzene rings is 1. The molecule has 1 aromatic rings. The van der Waals surface area contributed by atoms with Gasteiger partial charge in [0.2, 0.25) is 10.0 Å². The molecule has 0 aliphatic rings. The van der Waals surface area contributed by atoms with Crippen molar-refractivity contribution in [1.29, 1.82) is 0 Å². The van der Waals surface area contributed by atoms with Crippen LogP contribution in [0.25, 0.3) is 0 Å². The molecule has 0 bridgehead atoms. The topological polar surface area (TPSA) is 66.4 Å². The van der Waals surface area contributed by atoms with Gasteiger partial charge in [0.15, 0.2) is 6.10 Å². The predicted octanol–water partition coefficient (Wildman–Crippen LogP) is 1.17. The molecule has 0 heterocycles. The number of halogens is 5. The lowest BCUT2D eigenvalue weighted by Crippen LogP contribution is -2.40. The lowest BCUT2D eigenvalue weighted by molar-refractivity contribution is -0.200. The van der Waals surface area contributed by atoms with Gasteiger partial charge in [-0.3, -0.25) is 0 Å². The van der Waals surface area contributed by atoms with Crippen LogP contribution in [-0.4, -0.2) is 32.3 Å². The van der Waals surface area contributed by atoms with Crippen molar-refractivity contribution >= 4 is 10.0 Å². The third-order valence-electron chi connectivity index (χ3n) is 1.99. The maximum Gasteiger partial charge on any atom is 0.415 e. The van der Waals surface area contributed by atoms with E-state index in [9.17, 15) is 30.4 Å². The van der Waals surface area contributed by atoms with Crippen LogP contribution in [0, 0.1) is 11.6 Å². The molecule has 0 radical (unpaired) electrons. The van der Waals surface area contributed by atoms with Crippen molar-refractivity contribution in [3.63, 3.8) is 0 Å². The highest BCUT2D eigenvalue weighted by Gasteiger charge is 2.38. The maximum atomic E-state index is 12.8. The minimum Gasteiger partial charge on any atom is -0.382 e. The lowest BCUT2D eigenvalue weighted by atomic mass is 10.3. The predicted molar refractivity (Wildman–Crippen MR) is 53.6 cm³/mol. The highest BCUT2D eigenvalue weighted by Crippen LogP contribution is 2.20. The Morgan fingerprint density at radius 2 is 1.63 bits per heavy atom. The van der Waals surface area contributed by atoms with Gasteiger partial charge in [0.05, 0.1) is 4.90 Å². The van der Waals surface area contributed by atoms with Crippen molar-refractivity contribution < 1.29 is 35.5 Å². The molecule has 10 heteroatoms. The number of sulfonamides is 1. The molecule has 1 aromatic carbocycles. The van der Waals surface area contributed by atoms with Crippen molar-refractivity contribution in [3.8, 4) is 0 Å². The molecule has 0 saturated heterocycles. The van der Waals surface area contributed by atoms with E-state index < -0.39 is 45.4 Å². The Labute approximate surface area is 104 Å². The largest absolute Gasteiger partial charge is 0.415 e. The Morgan fingerprint density at radius 1 is 1.16 bits per heavy atom. The summed E-state index contributed by atoms with van der Waals surface area (Å²) in [6, 6.07) is 1.28. The highest BCUT2D eigenvalue weighted by atomic mass is 32.2. The summed E-state index contributed by atoms with van der Waals surface area (Å²) in [4.78, 5) is -0.876. The Balaban J connectivity index is 2.88. The van der Waals surface area contributed by atoms with Crippen molar-refractivity contribution in [3.05, 3.63) is 29.8 Å². The molecule has 1 atom stereocenters. The van der Waals surface area contributed by atoms with Crippen LogP contribution in [0.5, 0.6) is 0 Å². The fourth-order valence-corrected chi connectivity index (χ4v) is 2.15. The first kappa shape index (κ1) is 15.8. The Hall–Kier alpha value is -1.26. The molecule has 0 aliphatic heterocycles. The average molecular weight is 305 g/mol. The van der Waals surface area contributed by atoms with E-state index in [0.717, 1.165) is 0 Å². The molecule has 1 rings (SSSR count). The van der Waals surface area contributed by atoms with Crippen LogP contribution in [0.15, 0.2) is 23.1 Å². The second-order valence-corrected chi connectivity index (χ2v) is 5.28. The minimum atomic E-state index is -5.00. The van der Waals surface area contributed by atoms with Crippen LogP contribution in [0.2, 0.25) is 0 Å². The zero-order chi connectivity index (χ0) is 14.8. The van der Waals surface area contributed by atoms with E-state index in [0.29, 0.717) is 18.2 Å². The number of hydrogen-bond donors (Lipinski definition) is 2. The third-order valence-corrected chi connectivity index (χ3v) is 3.39. The van der Waals surface area contributed by atoms with Crippen molar-refractivity contribution in [1.82, 2.24) is 4.72 Å². The van der Waals surface area contributed by atoms with Gasteiger partial charge < -0.3 is 5.11 Å². The molecule has 2 N–H and O–H groups in total. The molecule has 0 spiro atoms. The molecular weight excluding hydrogens is 297 g/mol. The lowest BCUT2D eigenvalue weighted by Gasteiger charge is -2.15. The van der Waals surface area contributed by atoms with Crippen LogP contribution in [0.4, 0.5) is 22.0 Å². The van der Waals surface area contributed by atoms with Crippen LogP contribution in [0.1, 0.15) is 0 Å². The molecule has 4 nitrogen and oxygen atoms in total. The Kier molecular flexibility index (Phi) is 4.48. The van der Waals surface area contributed by atoms with Gasteiger partial charge in [0.25, 0.3) is 0 Å². The average Bonchev–Trinajstić information content (AvgIpc) is 2.23. The first-order chi connectivity index (χ1) is 8.52. The van der Waals surface area contributed by atoms with Crippen LogP contribution in [-0.2, 0) is 10.0 Å². The van der Waals surface area contributed by atoms with Gasteiger partial charge in [-0.15, -0.1) is 0 Å². The molecular formula is C9H8F5NO3S. The number of aliphatic hydroxyl groups is 1. The molecule has 0 aliphatic carbocycles. The summed E-state index contributed by atoms with van der Waals surface area (Å²) >= 11 is 0.